The van der Waals surface area contributed by atoms with Gasteiger partial charge in [0.25, 0.3) is 0 Å². The third kappa shape index (κ3) is 2.61. The molecular weight excluding hydrogens is 185 g/mol. The molecule has 1 aromatic rings. The molecule has 1 aromatic heterocycles. The van der Waals surface area contributed by atoms with Crippen molar-refractivity contribution in [3.8, 4) is 0 Å². The molecule has 0 aliphatic rings. The first kappa shape index (κ1) is 9.18. The minimum absolute atomic E-state index is 0.105. The first-order chi connectivity index (χ1) is 5.49. The van der Waals surface area contributed by atoms with E-state index in [0.717, 1.165) is 0 Å². The second kappa shape index (κ2) is 3.22. The van der Waals surface area contributed by atoms with Gasteiger partial charge in [-0.2, -0.15) is 8.42 Å². The Morgan fingerprint density at radius 3 is 2.75 bits per heavy atom. The van der Waals surface area contributed by atoms with Gasteiger partial charge >= 0.3 is 10.2 Å². The van der Waals surface area contributed by atoms with Crippen LogP contribution >= 0.6 is 0 Å². The van der Waals surface area contributed by atoms with Crippen LogP contribution < -0.4 is 0 Å². The zero-order chi connectivity index (χ0) is 9.19. The summed E-state index contributed by atoms with van der Waals surface area (Å²) in [4.78, 5) is 0. The summed E-state index contributed by atoms with van der Waals surface area (Å²) in [6.07, 6.45) is 1.49. The van der Waals surface area contributed by atoms with E-state index in [9.17, 15) is 12.3 Å². The molecule has 0 N–H and O–H groups in total. The van der Waals surface area contributed by atoms with Crippen LogP contribution in [0.2, 0.25) is 0 Å². The van der Waals surface area contributed by atoms with Crippen LogP contribution in [0.25, 0.3) is 0 Å². The van der Waals surface area contributed by atoms with Crippen LogP contribution in [-0.2, 0) is 16.6 Å². The van der Waals surface area contributed by atoms with E-state index >= 15 is 0 Å². The Hall–Kier alpha value is -0.910. The summed E-state index contributed by atoms with van der Waals surface area (Å²) in [5, 5.41) is 3.43. The third-order valence-corrected chi connectivity index (χ3v) is 2.16. The van der Waals surface area contributed by atoms with E-state index in [4.69, 9.17) is 0 Å². The number of nitrogens with zero attached hydrogens (tertiary/aromatic N) is 1. The van der Waals surface area contributed by atoms with Gasteiger partial charge in [-0.15, -0.1) is 3.89 Å². The Balaban J connectivity index is 2.61. The number of aryl methyl sites for hydroxylation is 2. The largest absolute Gasteiger partial charge is 0.361 e. The lowest BCUT2D eigenvalue weighted by Crippen LogP contribution is -2.01. The molecule has 0 unspecified atom stereocenters. The molecule has 0 aromatic carbocycles. The first-order valence-electron chi connectivity index (χ1n) is 3.31. The fourth-order valence-corrected chi connectivity index (χ4v) is 1.25. The predicted molar refractivity (Wildman–Crippen MR) is 39.8 cm³/mol. The molecule has 0 radical (unpaired) electrons. The van der Waals surface area contributed by atoms with Gasteiger partial charge in [0.05, 0.1) is 11.9 Å². The fourth-order valence-electron chi connectivity index (χ4n) is 0.791. The number of halogens is 1. The average molecular weight is 193 g/mol. The van der Waals surface area contributed by atoms with E-state index in [0.29, 0.717) is 11.3 Å². The van der Waals surface area contributed by atoms with Crippen LogP contribution in [0.15, 0.2) is 10.7 Å². The van der Waals surface area contributed by atoms with Crippen molar-refractivity contribution in [3.05, 3.63) is 17.5 Å². The van der Waals surface area contributed by atoms with Gasteiger partial charge in [0.2, 0.25) is 0 Å². The molecule has 0 aliphatic carbocycles. The summed E-state index contributed by atoms with van der Waals surface area (Å²) < 4.78 is 36.9. The van der Waals surface area contributed by atoms with Crippen molar-refractivity contribution in [3.63, 3.8) is 0 Å². The highest BCUT2D eigenvalue weighted by molar-refractivity contribution is 7.86. The van der Waals surface area contributed by atoms with Crippen LogP contribution in [0.4, 0.5) is 3.89 Å². The van der Waals surface area contributed by atoms with Crippen LogP contribution in [0, 0.1) is 6.92 Å². The van der Waals surface area contributed by atoms with E-state index in [1.54, 1.807) is 6.92 Å². The number of aromatic nitrogens is 1. The molecule has 0 bridgehead atoms. The van der Waals surface area contributed by atoms with Crippen molar-refractivity contribution in [1.82, 2.24) is 5.16 Å². The standard InChI is InChI=1S/C6H8FNO3S/c1-5-6(4-8-11-5)2-3-12(7,9)10/h4H,2-3H2,1H3. The van der Waals surface area contributed by atoms with Crippen LogP contribution in [-0.4, -0.2) is 19.3 Å². The molecule has 12 heavy (non-hydrogen) atoms. The summed E-state index contributed by atoms with van der Waals surface area (Å²) in [6, 6.07) is 0. The maximum atomic E-state index is 12.0. The molecule has 0 atom stereocenters. The quantitative estimate of drug-likeness (QED) is 0.667. The zero-order valence-electron chi connectivity index (χ0n) is 6.45. The van der Waals surface area contributed by atoms with Crippen molar-refractivity contribution < 1.29 is 16.8 Å². The Bertz CT molecular complexity index is 357. The highest BCUT2D eigenvalue weighted by atomic mass is 32.3. The molecule has 6 heteroatoms. The summed E-state index contributed by atoms with van der Waals surface area (Å²) >= 11 is 0. The lowest BCUT2D eigenvalue weighted by Gasteiger charge is -1.92. The maximum Gasteiger partial charge on any atom is 0.302 e. The van der Waals surface area contributed by atoms with Crippen molar-refractivity contribution >= 4 is 10.2 Å². The molecule has 0 fully saturated rings. The van der Waals surface area contributed by atoms with E-state index in [1.165, 1.54) is 6.20 Å². The monoisotopic (exact) mass is 193 g/mol. The normalized spacial score (nSPS) is 11.8. The van der Waals surface area contributed by atoms with Gasteiger partial charge in [-0.3, -0.25) is 0 Å². The highest BCUT2D eigenvalue weighted by Gasteiger charge is 2.10. The van der Waals surface area contributed by atoms with E-state index in [2.05, 4.69) is 9.68 Å². The Labute approximate surface area is 69.6 Å². The van der Waals surface area contributed by atoms with Gasteiger partial charge in [0.1, 0.15) is 5.76 Å². The Morgan fingerprint density at radius 2 is 2.33 bits per heavy atom. The Morgan fingerprint density at radius 1 is 1.67 bits per heavy atom. The van der Waals surface area contributed by atoms with E-state index in [1.807, 2.05) is 0 Å². The molecular formula is C6H8FNO3S. The average Bonchev–Trinajstić information content (AvgIpc) is 2.29. The highest BCUT2D eigenvalue weighted by Crippen LogP contribution is 2.08. The zero-order valence-corrected chi connectivity index (χ0v) is 7.27. The minimum Gasteiger partial charge on any atom is -0.361 e. The smallest absolute Gasteiger partial charge is 0.302 e. The molecule has 4 nitrogen and oxygen atoms in total. The van der Waals surface area contributed by atoms with Crippen LogP contribution in [0.3, 0.4) is 0 Å². The second-order valence-electron chi connectivity index (χ2n) is 2.40. The van der Waals surface area contributed by atoms with Crippen LogP contribution in [0.5, 0.6) is 0 Å². The van der Waals surface area contributed by atoms with Gasteiger partial charge in [0.15, 0.2) is 0 Å². The summed E-state index contributed by atoms with van der Waals surface area (Å²) in [7, 11) is -4.39. The van der Waals surface area contributed by atoms with Crippen LogP contribution in [0.1, 0.15) is 11.3 Å². The van der Waals surface area contributed by atoms with Crippen molar-refractivity contribution in [2.75, 3.05) is 5.75 Å². The minimum atomic E-state index is -4.39. The fraction of sp³-hybridized carbons (Fsp3) is 0.500. The molecule has 0 spiro atoms. The van der Waals surface area contributed by atoms with Gasteiger partial charge in [-0.1, -0.05) is 5.16 Å². The SMILES string of the molecule is Cc1oncc1CCS(=O)(=O)F. The number of hydrogen-bond acceptors (Lipinski definition) is 4. The van der Waals surface area contributed by atoms with E-state index < -0.39 is 16.0 Å². The lowest BCUT2D eigenvalue weighted by molar-refractivity contribution is 0.396. The molecule has 0 saturated carbocycles. The summed E-state index contributed by atoms with van der Waals surface area (Å²) in [5.41, 5.74) is 0.622. The lowest BCUT2D eigenvalue weighted by atomic mass is 10.2. The van der Waals surface area contributed by atoms with Gasteiger partial charge in [-0.05, 0) is 13.3 Å². The summed E-state index contributed by atoms with van der Waals surface area (Å²) in [6.45, 7) is 1.65. The predicted octanol–water partition coefficient (Wildman–Crippen LogP) is 0.825. The summed E-state index contributed by atoms with van der Waals surface area (Å²) in [5.74, 6) is 0.00773. The topological polar surface area (TPSA) is 60.2 Å². The first-order valence-corrected chi connectivity index (χ1v) is 4.87. The molecule has 0 aliphatic heterocycles. The van der Waals surface area contributed by atoms with Crippen molar-refractivity contribution in [2.45, 2.75) is 13.3 Å². The molecule has 68 valence electrons. The molecule has 1 heterocycles. The van der Waals surface area contributed by atoms with Gasteiger partial charge in [-0.25, -0.2) is 0 Å². The maximum absolute atomic E-state index is 12.0. The van der Waals surface area contributed by atoms with Gasteiger partial charge < -0.3 is 4.52 Å². The molecule has 1 rings (SSSR count). The van der Waals surface area contributed by atoms with Gasteiger partial charge in [0, 0.05) is 5.56 Å². The van der Waals surface area contributed by atoms with Crippen molar-refractivity contribution in [2.24, 2.45) is 0 Å². The van der Waals surface area contributed by atoms with E-state index in [-0.39, 0.29) is 6.42 Å². The number of rotatable bonds is 3. The Kier molecular flexibility index (Phi) is 2.46. The molecule has 0 saturated heterocycles. The van der Waals surface area contributed by atoms with Crippen molar-refractivity contribution in [1.29, 1.82) is 0 Å². The molecule has 0 amide bonds. The second-order valence-corrected chi connectivity index (χ2v) is 3.89. The third-order valence-electron chi connectivity index (χ3n) is 1.47. The number of hydrogen-bond donors (Lipinski definition) is 0.